The van der Waals surface area contributed by atoms with Gasteiger partial charge in [0.1, 0.15) is 5.41 Å². The molecule has 2 nitrogen and oxygen atoms in total. The Morgan fingerprint density at radius 3 is 1.22 bits per heavy atom. The van der Waals surface area contributed by atoms with Gasteiger partial charge in [-0.25, -0.2) is 0 Å². The summed E-state index contributed by atoms with van der Waals surface area (Å²) >= 11 is 0. The predicted molar refractivity (Wildman–Crippen MR) is 93.9 cm³/mol. The average molecular weight is 301 g/mol. The summed E-state index contributed by atoms with van der Waals surface area (Å²) in [6, 6.07) is 30.2. The fourth-order valence-corrected chi connectivity index (χ4v) is 3.11. The molecule has 3 rings (SSSR count). The molecular formula is C21H19NO. The van der Waals surface area contributed by atoms with E-state index in [1.165, 1.54) is 0 Å². The van der Waals surface area contributed by atoms with E-state index in [4.69, 9.17) is 10.1 Å². The van der Waals surface area contributed by atoms with Crippen molar-refractivity contribution in [3.63, 3.8) is 0 Å². The summed E-state index contributed by atoms with van der Waals surface area (Å²) in [5.74, 6) is 0.209. The van der Waals surface area contributed by atoms with Gasteiger partial charge >= 0.3 is 0 Å². The van der Waals surface area contributed by atoms with E-state index >= 15 is 0 Å². The Balaban J connectivity index is 2.38. The summed E-state index contributed by atoms with van der Waals surface area (Å²) in [4.78, 5) is 0. The Hall–Kier alpha value is -2.87. The summed E-state index contributed by atoms with van der Waals surface area (Å²) < 4.78 is 5.46. The maximum absolute atomic E-state index is 8.63. The summed E-state index contributed by atoms with van der Waals surface area (Å²) in [7, 11) is 1.56. The van der Waals surface area contributed by atoms with Crippen molar-refractivity contribution in [1.29, 1.82) is 5.41 Å². The molecule has 0 amide bonds. The molecule has 0 saturated heterocycles. The largest absolute Gasteiger partial charge is 0.483 e. The van der Waals surface area contributed by atoms with Crippen molar-refractivity contribution < 1.29 is 4.74 Å². The first kappa shape index (κ1) is 15.0. The third kappa shape index (κ3) is 2.53. The van der Waals surface area contributed by atoms with Crippen molar-refractivity contribution in [1.82, 2.24) is 0 Å². The van der Waals surface area contributed by atoms with Crippen LogP contribution in [0.15, 0.2) is 91.0 Å². The van der Waals surface area contributed by atoms with Crippen LogP contribution in [0.1, 0.15) is 16.7 Å². The molecule has 23 heavy (non-hydrogen) atoms. The monoisotopic (exact) mass is 301 g/mol. The van der Waals surface area contributed by atoms with Crippen molar-refractivity contribution >= 4 is 5.90 Å². The molecular weight excluding hydrogens is 282 g/mol. The second kappa shape index (κ2) is 6.49. The summed E-state index contributed by atoms with van der Waals surface area (Å²) in [6.45, 7) is 0. The van der Waals surface area contributed by atoms with Crippen LogP contribution in [-0.2, 0) is 10.2 Å². The number of benzene rings is 3. The van der Waals surface area contributed by atoms with Crippen LogP contribution in [0.25, 0.3) is 0 Å². The van der Waals surface area contributed by atoms with E-state index in [1.807, 2.05) is 91.0 Å². The first-order valence-electron chi connectivity index (χ1n) is 7.59. The number of hydrogen-bond donors (Lipinski definition) is 1. The van der Waals surface area contributed by atoms with Gasteiger partial charge in [-0.05, 0) is 16.7 Å². The quantitative estimate of drug-likeness (QED) is 0.425. The maximum Gasteiger partial charge on any atom is 0.200 e. The molecule has 0 heterocycles. The first-order valence-corrected chi connectivity index (χ1v) is 7.59. The highest BCUT2D eigenvalue weighted by atomic mass is 16.5. The normalized spacial score (nSPS) is 11.0. The number of methoxy groups -OCH3 is 1. The molecule has 0 fully saturated rings. The Kier molecular flexibility index (Phi) is 4.24. The molecule has 2 heteroatoms. The molecule has 0 aliphatic rings. The van der Waals surface area contributed by atoms with Gasteiger partial charge in [0.2, 0.25) is 0 Å². The van der Waals surface area contributed by atoms with Gasteiger partial charge < -0.3 is 4.74 Å². The molecule has 0 aliphatic heterocycles. The first-order chi connectivity index (χ1) is 11.3. The van der Waals surface area contributed by atoms with Crippen molar-refractivity contribution in [2.45, 2.75) is 5.41 Å². The molecule has 0 aliphatic carbocycles. The minimum atomic E-state index is -0.751. The van der Waals surface area contributed by atoms with Crippen LogP contribution in [0.2, 0.25) is 0 Å². The fourth-order valence-electron chi connectivity index (χ4n) is 3.11. The zero-order chi connectivity index (χ0) is 16.1. The van der Waals surface area contributed by atoms with E-state index in [0.29, 0.717) is 0 Å². The van der Waals surface area contributed by atoms with Crippen LogP contribution >= 0.6 is 0 Å². The molecule has 0 aromatic heterocycles. The molecule has 114 valence electrons. The van der Waals surface area contributed by atoms with E-state index in [-0.39, 0.29) is 5.90 Å². The van der Waals surface area contributed by atoms with Gasteiger partial charge in [0, 0.05) is 0 Å². The number of hydrogen-bond acceptors (Lipinski definition) is 2. The second-order valence-electron chi connectivity index (χ2n) is 5.38. The zero-order valence-electron chi connectivity index (χ0n) is 13.1. The highest BCUT2D eigenvalue weighted by Crippen LogP contribution is 2.40. The van der Waals surface area contributed by atoms with E-state index in [1.54, 1.807) is 7.11 Å². The van der Waals surface area contributed by atoms with E-state index in [9.17, 15) is 0 Å². The lowest BCUT2D eigenvalue weighted by atomic mass is 9.69. The molecule has 0 bridgehead atoms. The third-order valence-corrected chi connectivity index (χ3v) is 4.17. The summed E-state index contributed by atoms with van der Waals surface area (Å²) in [6.07, 6.45) is 0. The SMILES string of the molecule is COC(=N)C(c1ccccc1)(c1ccccc1)c1ccccc1. The lowest BCUT2D eigenvalue weighted by Crippen LogP contribution is -2.39. The van der Waals surface area contributed by atoms with Gasteiger partial charge in [-0.15, -0.1) is 0 Å². The van der Waals surface area contributed by atoms with Gasteiger partial charge in [0.05, 0.1) is 7.11 Å². The number of rotatable bonds is 4. The van der Waals surface area contributed by atoms with Crippen LogP contribution in [0.4, 0.5) is 0 Å². The molecule has 0 saturated carbocycles. The molecule has 1 N–H and O–H groups in total. The molecule has 0 radical (unpaired) electrons. The Bertz CT molecular complexity index is 670. The third-order valence-electron chi connectivity index (χ3n) is 4.17. The van der Waals surface area contributed by atoms with Crippen LogP contribution < -0.4 is 0 Å². The van der Waals surface area contributed by atoms with Gasteiger partial charge in [0.25, 0.3) is 0 Å². The van der Waals surface area contributed by atoms with Gasteiger partial charge in [-0.3, -0.25) is 5.41 Å². The fraction of sp³-hybridized carbons (Fsp3) is 0.0952. The van der Waals surface area contributed by atoms with Crippen LogP contribution in [0.3, 0.4) is 0 Å². The molecule has 0 unspecified atom stereocenters. The number of nitrogens with one attached hydrogen (secondary N) is 1. The molecule has 3 aromatic carbocycles. The maximum atomic E-state index is 8.63. The zero-order valence-corrected chi connectivity index (χ0v) is 13.1. The Morgan fingerprint density at radius 1 is 0.652 bits per heavy atom. The average Bonchev–Trinajstić information content (AvgIpc) is 2.65. The minimum absolute atomic E-state index is 0.209. The van der Waals surface area contributed by atoms with Crippen molar-refractivity contribution in [3.05, 3.63) is 108 Å². The van der Waals surface area contributed by atoms with Crippen molar-refractivity contribution in [2.75, 3.05) is 7.11 Å². The van der Waals surface area contributed by atoms with Crippen molar-refractivity contribution in [3.8, 4) is 0 Å². The topological polar surface area (TPSA) is 33.1 Å². The highest BCUT2D eigenvalue weighted by molar-refractivity contribution is 5.94. The molecule has 0 atom stereocenters. The highest BCUT2D eigenvalue weighted by Gasteiger charge is 2.42. The Morgan fingerprint density at radius 2 is 0.957 bits per heavy atom. The summed E-state index contributed by atoms with van der Waals surface area (Å²) in [5, 5.41) is 8.63. The second-order valence-corrected chi connectivity index (χ2v) is 5.38. The van der Waals surface area contributed by atoms with Gasteiger partial charge in [-0.1, -0.05) is 91.0 Å². The van der Waals surface area contributed by atoms with Gasteiger partial charge in [-0.2, -0.15) is 0 Å². The Labute approximate surface area is 136 Å². The molecule has 0 spiro atoms. The van der Waals surface area contributed by atoms with Crippen LogP contribution in [0, 0.1) is 5.41 Å². The van der Waals surface area contributed by atoms with Crippen LogP contribution in [-0.4, -0.2) is 13.0 Å². The smallest absolute Gasteiger partial charge is 0.200 e. The lowest BCUT2D eigenvalue weighted by Gasteiger charge is -2.35. The van der Waals surface area contributed by atoms with E-state index in [0.717, 1.165) is 16.7 Å². The van der Waals surface area contributed by atoms with Crippen molar-refractivity contribution in [2.24, 2.45) is 0 Å². The standard InChI is InChI=1S/C21H19NO/c1-23-20(22)21(17-11-5-2-6-12-17,18-13-7-3-8-14-18)19-15-9-4-10-16-19/h2-16,22H,1H3. The lowest BCUT2D eigenvalue weighted by molar-refractivity contribution is 0.368. The van der Waals surface area contributed by atoms with Crippen LogP contribution in [0.5, 0.6) is 0 Å². The molecule has 3 aromatic rings. The number of ether oxygens (including phenoxy) is 1. The minimum Gasteiger partial charge on any atom is -0.483 e. The summed E-state index contributed by atoms with van der Waals surface area (Å²) in [5.41, 5.74) is 2.30. The van der Waals surface area contributed by atoms with Gasteiger partial charge in [0.15, 0.2) is 5.90 Å². The van der Waals surface area contributed by atoms with E-state index in [2.05, 4.69) is 0 Å². The predicted octanol–water partition coefficient (Wildman–Crippen LogP) is 4.64. The van der Waals surface area contributed by atoms with E-state index < -0.39 is 5.41 Å².